The third-order valence-corrected chi connectivity index (χ3v) is 4.77. The molecule has 26 heavy (non-hydrogen) atoms. The van der Waals surface area contributed by atoms with Crippen LogP contribution in [0, 0.1) is 11.3 Å². The number of thiazole rings is 1. The highest BCUT2D eigenvalue weighted by Crippen LogP contribution is 2.28. The lowest BCUT2D eigenvalue weighted by Gasteiger charge is -1.96. The minimum atomic E-state index is 0.492. The molecular weight excluding hydrogens is 340 g/mol. The molecule has 0 aliphatic heterocycles. The Balaban J connectivity index is 1.63. The molecule has 4 heteroatoms. The molecule has 4 aromatic rings. The maximum absolute atomic E-state index is 9.55. The largest absolute Gasteiger partial charge is 0.457 e. The molecule has 0 radical (unpaired) electrons. The van der Waals surface area contributed by atoms with Gasteiger partial charge in [-0.15, -0.1) is 11.3 Å². The normalized spacial score (nSPS) is 11.3. The average Bonchev–Trinajstić information content (AvgIpc) is 3.37. The Labute approximate surface area is 155 Å². The van der Waals surface area contributed by atoms with Gasteiger partial charge in [0.15, 0.2) is 0 Å². The van der Waals surface area contributed by atoms with Crippen molar-refractivity contribution in [2.24, 2.45) is 0 Å². The summed E-state index contributed by atoms with van der Waals surface area (Å²) in [5.41, 5.74) is 3.41. The number of nitrogens with zero attached hydrogens (tertiary/aromatic N) is 2. The number of benzene rings is 2. The first kappa shape index (κ1) is 16.1. The van der Waals surface area contributed by atoms with Crippen molar-refractivity contribution in [3.8, 4) is 28.7 Å². The number of hydrogen-bond donors (Lipinski definition) is 0. The minimum Gasteiger partial charge on any atom is -0.457 e. The van der Waals surface area contributed by atoms with Crippen molar-refractivity contribution in [1.82, 2.24) is 4.98 Å². The first-order chi connectivity index (χ1) is 12.8. The van der Waals surface area contributed by atoms with Gasteiger partial charge in [-0.2, -0.15) is 5.26 Å². The number of nitriles is 1. The van der Waals surface area contributed by atoms with Crippen LogP contribution in [0.3, 0.4) is 0 Å². The Morgan fingerprint density at radius 1 is 0.923 bits per heavy atom. The van der Waals surface area contributed by atoms with Gasteiger partial charge in [-0.25, -0.2) is 4.98 Å². The first-order valence-electron chi connectivity index (χ1n) is 8.12. The van der Waals surface area contributed by atoms with Gasteiger partial charge in [0, 0.05) is 22.6 Å². The van der Waals surface area contributed by atoms with Crippen molar-refractivity contribution in [3.63, 3.8) is 0 Å². The maximum atomic E-state index is 9.55. The van der Waals surface area contributed by atoms with Gasteiger partial charge >= 0.3 is 0 Å². The summed E-state index contributed by atoms with van der Waals surface area (Å²) in [6.45, 7) is 0. The molecule has 0 amide bonds. The quantitative estimate of drug-likeness (QED) is 0.414. The van der Waals surface area contributed by atoms with E-state index in [0.717, 1.165) is 22.6 Å². The van der Waals surface area contributed by atoms with Crippen LogP contribution in [0.1, 0.15) is 10.8 Å². The van der Waals surface area contributed by atoms with Crippen molar-refractivity contribution in [3.05, 3.63) is 88.9 Å². The SMILES string of the molecule is N#C/C(=C\c1ccc(-c2ccccc2)o1)c1nc(-c2ccccc2)cs1. The van der Waals surface area contributed by atoms with Crippen LogP contribution in [0.2, 0.25) is 0 Å². The van der Waals surface area contributed by atoms with Crippen LogP contribution in [-0.4, -0.2) is 4.98 Å². The summed E-state index contributed by atoms with van der Waals surface area (Å²) in [5, 5.41) is 12.2. The second kappa shape index (κ2) is 7.22. The van der Waals surface area contributed by atoms with E-state index in [1.165, 1.54) is 11.3 Å². The second-order valence-electron chi connectivity index (χ2n) is 5.64. The molecule has 0 spiro atoms. The van der Waals surface area contributed by atoms with Gasteiger partial charge in [-0.3, -0.25) is 0 Å². The summed E-state index contributed by atoms with van der Waals surface area (Å²) in [7, 11) is 0. The van der Waals surface area contributed by atoms with Crippen LogP contribution in [0.15, 0.2) is 82.6 Å². The van der Waals surface area contributed by atoms with Crippen molar-refractivity contribution in [2.75, 3.05) is 0 Å². The van der Waals surface area contributed by atoms with Gasteiger partial charge in [0.25, 0.3) is 0 Å². The molecule has 0 aliphatic rings. The Kier molecular flexibility index (Phi) is 4.46. The van der Waals surface area contributed by atoms with Crippen LogP contribution in [0.25, 0.3) is 34.2 Å². The van der Waals surface area contributed by atoms with Crippen molar-refractivity contribution in [1.29, 1.82) is 5.26 Å². The molecule has 0 aliphatic carbocycles. The van der Waals surface area contributed by atoms with Crippen LogP contribution in [0.4, 0.5) is 0 Å². The molecule has 3 nitrogen and oxygen atoms in total. The van der Waals surface area contributed by atoms with E-state index in [2.05, 4.69) is 11.1 Å². The molecule has 2 aromatic heterocycles. The molecule has 2 heterocycles. The van der Waals surface area contributed by atoms with Crippen LogP contribution < -0.4 is 0 Å². The van der Waals surface area contributed by atoms with Gasteiger partial charge in [0.05, 0.1) is 11.3 Å². The standard InChI is InChI=1S/C22H14N2OS/c23-14-18(22-24-20(15-26-22)16-7-3-1-4-8-16)13-19-11-12-21(25-19)17-9-5-2-6-10-17/h1-13,15H/b18-13+. The number of aromatic nitrogens is 1. The Hall–Kier alpha value is -3.42. The van der Waals surface area contributed by atoms with Crippen LogP contribution in [0.5, 0.6) is 0 Å². The lowest BCUT2D eigenvalue weighted by molar-refractivity contribution is 0.572. The fourth-order valence-electron chi connectivity index (χ4n) is 2.61. The fourth-order valence-corrected chi connectivity index (χ4v) is 3.41. The van der Waals surface area contributed by atoms with Crippen LogP contribution in [-0.2, 0) is 0 Å². The summed E-state index contributed by atoms with van der Waals surface area (Å²) in [5.74, 6) is 1.41. The number of hydrogen-bond acceptors (Lipinski definition) is 4. The molecule has 0 saturated heterocycles. The third kappa shape index (κ3) is 3.34. The maximum Gasteiger partial charge on any atom is 0.134 e. The van der Waals surface area contributed by atoms with Gasteiger partial charge in [-0.05, 0) is 12.1 Å². The topological polar surface area (TPSA) is 49.8 Å². The molecule has 124 valence electrons. The molecule has 4 rings (SSSR count). The molecule has 0 saturated carbocycles. The Morgan fingerprint density at radius 3 is 2.31 bits per heavy atom. The van der Waals surface area contributed by atoms with Crippen molar-refractivity contribution in [2.45, 2.75) is 0 Å². The zero-order valence-electron chi connectivity index (χ0n) is 13.8. The first-order valence-corrected chi connectivity index (χ1v) is 9.00. The predicted molar refractivity (Wildman–Crippen MR) is 105 cm³/mol. The van der Waals surface area contributed by atoms with Crippen molar-refractivity contribution < 1.29 is 4.42 Å². The van der Waals surface area contributed by atoms with E-state index in [4.69, 9.17) is 4.42 Å². The highest BCUT2D eigenvalue weighted by atomic mass is 32.1. The van der Waals surface area contributed by atoms with E-state index in [1.54, 1.807) is 6.08 Å². The molecule has 2 aromatic carbocycles. The second-order valence-corrected chi connectivity index (χ2v) is 6.50. The molecule has 0 atom stereocenters. The Morgan fingerprint density at radius 2 is 1.62 bits per heavy atom. The molecule has 0 fully saturated rings. The van der Waals surface area contributed by atoms with Crippen molar-refractivity contribution >= 4 is 23.0 Å². The van der Waals surface area contributed by atoms with Gasteiger partial charge in [0.1, 0.15) is 22.6 Å². The Bertz CT molecular complexity index is 1090. The van der Waals surface area contributed by atoms with E-state index in [0.29, 0.717) is 16.3 Å². The van der Waals surface area contributed by atoms with E-state index in [1.807, 2.05) is 78.2 Å². The van der Waals surface area contributed by atoms with E-state index < -0.39 is 0 Å². The average molecular weight is 354 g/mol. The van der Waals surface area contributed by atoms with Crippen LogP contribution >= 0.6 is 11.3 Å². The monoisotopic (exact) mass is 354 g/mol. The molecule has 0 N–H and O–H groups in total. The number of allylic oxidation sites excluding steroid dienone is 1. The van der Waals surface area contributed by atoms with Gasteiger partial charge < -0.3 is 4.42 Å². The lowest BCUT2D eigenvalue weighted by Crippen LogP contribution is -1.82. The summed E-state index contributed by atoms with van der Waals surface area (Å²) in [6, 6.07) is 25.8. The molecular formula is C22H14N2OS. The van der Waals surface area contributed by atoms with E-state index >= 15 is 0 Å². The van der Waals surface area contributed by atoms with E-state index in [-0.39, 0.29) is 0 Å². The minimum absolute atomic E-state index is 0.492. The smallest absolute Gasteiger partial charge is 0.134 e. The summed E-state index contributed by atoms with van der Waals surface area (Å²) < 4.78 is 5.86. The highest BCUT2D eigenvalue weighted by Gasteiger charge is 2.10. The molecule has 0 bridgehead atoms. The van der Waals surface area contributed by atoms with E-state index in [9.17, 15) is 5.26 Å². The van der Waals surface area contributed by atoms with Gasteiger partial charge in [-0.1, -0.05) is 60.7 Å². The molecule has 0 unspecified atom stereocenters. The number of furan rings is 1. The zero-order chi connectivity index (χ0) is 17.8. The summed E-state index contributed by atoms with van der Waals surface area (Å²) in [4.78, 5) is 4.60. The highest BCUT2D eigenvalue weighted by molar-refractivity contribution is 7.11. The third-order valence-electron chi connectivity index (χ3n) is 3.90. The summed E-state index contributed by atoms with van der Waals surface area (Å²) >= 11 is 1.46. The predicted octanol–water partition coefficient (Wildman–Crippen LogP) is 6.13. The summed E-state index contributed by atoms with van der Waals surface area (Å²) in [6.07, 6.45) is 1.74. The van der Waals surface area contributed by atoms with Gasteiger partial charge in [0.2, 0.25) is 0 Å². The fraction of sp³-hybridized carbons (Fsp3) is 0. The lowest BCUT2D eigenvalue weighted by atomic mass is 10.2. The number of rotatable bonds is 4. The zero-order valence-corrected chi connectivity index (χ0v) is 14.6.